The summed E-state index contributed by atoms with van der Waals surface area (Å²) in [4.78, 5) is 11.8. The number of carbonyl (C=O) groups excluding carboxylic acids is 1. The molecule has 0 bridgehead atoms. The molecule has 0 aromatic heterocycles. The maximum Gasteiger partial charge on any atom is 0.241 e. The first-order chi connectivity index (χ1) is 8.63. The van der Waals surface area contributed by atoms with Crippen LogP contribution in [0.4, 0.5) is 5.69 Å². The minimum absolute atomic E-state index is 0.0390. The molecule has 3 N–H and O–H groups in total. The summed E-state index contributed by atoms with van der Waals surface area (Å²) in [5, 5.41) is 14.6. The highest BCUT2D eigenvalue weighted by atomic mass is 16.2. The number of benzene rings is 1. The molecule has 0 radical (unpaired) electrons. The molecule has 0 aliphatic rings. The lowest BCUT2D eigenvalue weighted by Crippen LogP contribution is -2.38. The van der Waals surface area contributed by atoms with Crippen molar-refractivity contribution in [1.29, 1.82) is 0 Å². The molecule has 0 saturated carbocycles. The molecule has 18 heavy (non-hydrogen) atoms. The van der Waals surface area contributed by atoms with Crippen LogP contribution in [0.5, 0.6) is 0 Å². The highest BCUT2D eigenvalue weighted by Crippen LogP contribution is 2.08. The van der Waals surface area contributed by atoms with Gasteiger partial charge in [-0.2, -0.15) is 0 Å². The molecule has 100 valence electrons. The molecule has 1 atom stereocenters. The standard InChI is InChI=1S/C14H22N2O2/c1-11-5-7-13(8-6-11)16-14(18)12(2)15-9-3-4-10-17/h5-8,12,15,17H,3-4,9-10H2,1-2H3,(H,16,18). The van der Waals surface area contributed by atoms with E-state index in [4.69, 9.17) is 5.11 Å². The second-order valence-electron chi connectivity index (χ2n) is 4.46. The fourth-order valence-corrected chi connectivity index (χ4v) is 1.54. The summed E-state index contributed by atoms with van der Waals surface area (Å²) in [6, 6.07) is 7.49. The summed E-state index contributed by atoms with van der Waals surface area (Å²) in [6.45, 7) is 4.79. The van der Waals surface area contributed by atoms with E-state index in [9.17, 15) is 4.79 Å². The summed E-state index contributed by atoms with van der Waals surface area (Å²) < 4.78 is 0. The van der Waals surface area contributed by atoms with Crippen LogP contribution in [-0.4, -0.2) is 30.2 Å². The third kappa shape index (κ3) is 5.29. The van der Waals surface area contributed by atoms with Crippen LogP contribution in [0.3, 0.4) is 0 Å². The maximum atomic E-state index is 11.8. The van der Waals surface area contributed by atoms with Crippen molar-refractivity contribution < 1.29 is 9.90 Å². The average Bonchev–Trinajstić information content (AvgIpc) is 2.37. The Morgan fingerprint density at radius 3 is 2.56 bits per heavy atom. The largest absolute Gasteiger partial charge is 0.396 e. The van der Waals surface area contributed by atoms with Gasteiger partial charge in [-0.3, -0.25) is 4.79 Å². The Hall–Kier alpha value is -1.39. The average molecular weight is 250 g/mol. The van der Waals surface area contributed by atoms with Gasteiger partial charge in [0, 0.05) is 12.3 Å². The number of unbranched alkanes of at least 4 members (excludes halogenated alkanes) is 1. The van der Waals surface area contributed by atoms with E-state index in [1.807, 2.05) is 38.1 Å². The Morgan fingerprint density at radius 1 is 1.28 bits per heavy atom. The number of aryl methyl sites for hydroxylation is 1. The Kier molecular flexibility index (Phi) is 6.39. The predicted octanol–water partition coefficient (Wildman–Crippen LogP) is 1.68. The molecular formula is C14H22N2O2. The Bertz CT molecular complexity index is 363. The second kappa shape index (κ2) is 7.84. The summed E-state index contributed by atoms with van der Waals surface area (Å²) >= 11 is 0. The monoisotopic (exact) mass is 250 g/mol. The first kappa shape index (κ1) is 14.7. The molecule has 1 unspecified atom stereocenters. The van der Waals surface area contributed by atoms with E-state index in [1.54, 1.807) is 0 Å². The number of aliphatic hydroxyl groups excluding tert-OH is 1. The zero-order valence-corrected chi connectivity index (χ0v) is 11.1. The molecule has 1 aromatic rings. The van der Waals surface area contributed by atoms with Crippen LogP contribution in [0, 0.1) is 6.92 Å². The SMILES string of the molecule is Cc1ccc(NC(=O)C(C)NCCCCO)cc1. The lowest BCUT2D eigenvalue weighted by atomic mass is 10.2. The van der Waals surface area contributed by atoms with E-state index in [2.05, 4.69) is 10.6 Å². The minimum atomic E-state index is -0.231. The van der Waals surface area contributed by atoms with Crippen molar-refractivity contribution in [3.8, 4) is 0 Å². The van der Waals surface area contributed by atoms with E-state index in [-0.39, 0.29) is 18.6 Å². The summed E-state index contributed by atoms with van der Waals surface area (Å²) in [6.07, 6.45) is 1.64. The van der Waals surface area contributed by atoms with Gasteiger partial charge in [0.1, 0.15) is 0 Å². The molecule has 1 rings (SSSR count). The smallest absolute Gasteiger partial charge is 0.241 e. The van der Waals surface area contributed by atoms with Crippen molar-refractivity contribution >= 4 is 11.6 Å². The molecule has 0 heterocycles. The summed E-state index contributed by atoms with van der Waals surface area (Å²) in [7, 11) is 0. The topological polar surface area (TPSA) is 61.4 Å². The molecule has 0 fully saturated rings. The highest BCUT2D eigenvalue weighted by Gasteiger charge is 2.11. The van der Waals surface area contributed by atoms with Crippen LogP contribution in [-0.2, 0) is 4.79 Å². The molecule has 4 heteroatoms. The van der Waals surface area contributed by atoms with Gasteiger partial charge in [0.2, 0.25) is 5.91 Å². The van der Waals surface area contributed by atoms with E-state index in [1.165, 1.54) is 5.56 Å². The quantitative estimate of drug-likeness (QED) is 0.645. The van der Waals surface area contributed by atoms with Gasteiger partial charge in [0.25, 0.3) is 0 Å². The van der Waals surface area contributed by atoms with Crippen molar-refractivity contribution in [3.05, 3.63) is 29.8 Å². The van der Waals surface area contributed by atoms with E-state index in [0.717, 1.165) is 25.1 Å². The minimum Gasteiger partial charge on any atom is -0.396 e. The van der Waals surface area contributed by atoms with E-state index < -0.39 is 0 Å². The van der Waals surface area contributed by atoms with Crippen LogP contribution in [0.1, 0.15) is 25.3 Å². The number of anilines is 1. The molecular weight excluding hydrogens is 228 g/mol. The Balaban J connectivity index is 2.33. The van der Waals surface area contributed by atoms with Gasteiger partial charge in [0.15, 0.2) is 0 Å². The highest BCUT2D eigenvalue weighted by molar-refractivity contribution is 5.94. The molecule has 0 spiro atoms. The van der Waals surface area contributed by atoms with Crippen LogP contribution in [0.15, 0.2) is 24.3 Å². The van der Waals surface area contributed by atoms with Crippen LogP contribution >= 0.6 is 0 Å². The molecule has 0 saturated heterocycles. The predicted molar refractivity (Wildman–Crippen MR) is 73.6 cm³/mol. The maximum absolute atomic E-state index is 11.8. The van der Waals surface area contributed by atoms with Crippen molar-refractivity contribution in [2.45, 2.75) is 32.7 Å². The van der Waals surface area contributed by atoms with Gasteiger partial charge in [-0.1, -0.05) is 17.7 Å². The molecule has 0 aliphatic heterocycles. The van der Waals surface area contributed by atoms with Gasteiger partial charge in [0.05, 0.1) is 6.04 Å². The van der Waals surface area contributed by atoms with Gasteiger partial charge >= 0.3 is 0 Å². The normalized spacial score (nSPS) is 12.2. The lowest BCUT2D eigenvalue weighted by Gasteiger charge is -2.14. The fourth-order valence-electron chi connectivity index (χ4n) is 1.54. The summed E-state index contributed by atoms with van der Waals surface area (Å²) in [5.41, 5.74) is 1.98. The van der Waals surface area contributed by atoms with Crippen molar-refractivity contribution in [1.82, 2.24) is 5.32 Å². The third-order valence-corrected chi connectivity index (χ3v) is 2.75. The number of hydrogen-bond donors (Lipinski definition) is 3. The van der Waals surface area contributed by atoms with Gasteiger partial charge in [-0.15, -0.1) is 0 Å². The lowest BCUT2D eigenvalue weighted by molar-refractivity contribution is -0.117. The Labute approximate surface area is 108 Å². The molecule has 4 nitrogen and oxygen atoms in total. The van der Waals surface area contributed by atoms with Gasteiger partial charge in [-0.05, 0) is 45.4 Å². The molecule has 1 aromatic carbocycles. The van der Waals surface area contributed by atoms with Crippen molar-refractivity contribution in [2.75, 3.05) is 18.5 Å². The summed E-state index contributed by atoms with van der Waals surface area (Å²) in [5.74, 6) is -0.0390. The number of carbonyl (C=O) groups is 1. The zero-order chi connectivity index (χ0) is 13.4. The fraction of sp³-hybridized carbons (Fsp3) is 0.500. The third-order valence-electron chi connectivity index (χ3n) is 2.75. The zero-order valence-electron chi connectivity index (χ0n) is 11.1. The first-order valence-corrected chi connectivity index (χ1v) is 6.35. The van der Waals surface area contributed by atoms with Gasteiger partial charge < -0.3 is 15.7 Å². The number of nitrogens with one attached hydrogen (secondary N) is 2. The Morgan fingerprint density at radius 2 is 1.94 bits per heavy atom. The molecule has 1 amide bonds. The number of aliphatic hydroxyl groups is 1. The first-order valence-electron chi connectivity index (χ1n) is 6.35. The molecule has 0 aliphatic carbocycles. The second-order valence-corrected chi connectivity index (χ2v) is 4.46. The number of rotatable bonds is 7. The van der Waals surface area contributed by atoms with Crippen molar-refractivity contribution in [2.24, 2.45) is 0 Å². The van der Waals surface area contributed by atoms with E-state index >= 15 is 0 Å². The van der Waals surface area contributed by atoms with Crippen molar-refractivity contribution in [3.63, 3.8) is 0 Å². The van der Waals surface area contributed by atoms with Gasteiger partial charge in [-0.25, -0.2) is 0 Å². The van der Waals surface area contributed by atoms with Crippen LogP contribution in [0.2, 0.25) is 0 Å². The van der Waals surface area contributed by atoms with Crippen LogP contribution in [0.25, 0.3) is 0 Å². The number of amides is 1. The number of hydrogen-bond acceptors (Lipinski definition) is 3. The van der Waals surface area contributed by atoms with Crippen LogP contribution < -0.4 is 10.6 Å². The van der Waals surface area contributed by atoms with E-state index in [0.29, 0.717) is 0 Å².